The largest absolute Gasteiger partial charge is 0.484 e. The maximum Gasteiger partial charge on any atom is 0.417 e. The van der Waals surface area contributed by atoms with E-state index in [1.54, 1.807) is 0 Å². The van der Waals surface area contributed by atoms with Crippen molar-refractivity contribution in [3.63, 3.8) is 0 Å². The number of primary amides is 1. The van der Waals surface area contributed by atoms with Crippen LogP contribution in [0.4, 0.5) is 18.9 Å². The zero-order valence-corrected chi connectivity index (χ0v) is 14.5. The van der Waals surface area contributed by atoms with Gasteiger partial charge in [-0.15, -0.1) is 0 Å². The molecule has 11 heteroatoms. The van der Waals surface area contributed by atoms with Crippen LogP contribution in [0.3, 0.4) is 0 Å². The molecule has 0 aliphatic rings. The molecule has 0 saturated heterocycles. The monoisotopic (exact) mass is 408 g/mol. The second-order valence-corrected chi connectivity index (χ2v) is 7.11. The molecule has 0 bridgehead atoms. The van der Waals surface area contributed by atoms with E-state index in [4.69, 9.17) is 22.1 Å². The van der Waals surface area contributed by atoms with Crippen molar-refractivity contribution in [3.05, 3.63) is 53.1 Å². The normalized spacial score (nSPS) is 11.8. The first-order valence-corrected chi connectivity index (χ1v) is 8.76. The quantitative estimate of drug-likeness (QED) is 0.767. The summed E-state index contributed by atoms with van der Waals surface area (Å²) in [7, 11) is -4.14. The molecule has 0 heterocycles. The van der Waals surface area contributed by atoms with Crippen molar-refractivity contribution in [3.8, 4) is 5.75 Å². The summed E-state index contributed by atoms with van der Waals surface area (Å²) < 4.78 is 70.2. The number of nitrogens with two attached hydrogens (primary N) is 1. The summed E-state index contributed by atoms with van der Waals surface area (Å²) in [4.78, 5) is 10.4. The van der Waals surface area contributed by atoms with Crippen molar-refractivity contribution in [2.75, 3.05) is 11.3 Å². The number of amides is 1. The summed E-state index contributed by atoms with van der Waals surface area (Å²) in [6, 6.07) is 7.55. The third kappa shape index (κ3) is 5.02. The summed E-state index contributed by atoms with van der Waals surface area (Å²) in [6.45, 7) is -0.380. The molecule has 0 aromatic heterocycles. The minimum atomic E-state index is -4.72. The van der Waals surface area contributed by atoms with Crippen LogP contribution >= 0.6 is 11.6 Å². The van der Waals surface area contributed by atoms with E-state index < -0.39 is 32.7 Å². The predicted molar refractivity (Wildman–Crippen MR) is 88.4 cm³/mol. The zero-order chi connectivity index (χ0) is 19.5. The predicted octanol–water partition coefficient (Wildman–Crippen LogP) is 3.02. The Hall–Kier alpha value is -2.46. The molecule has 0 spiro atoms. The Morgan fingerprint density at radius 2 is 1.77 bits per heavy atom. The summed E-state index contributed by atoms with van der Waals surface area (Å²) in [6.07, 6.45) is -4.72. The highest BCUT2D eigenvalue weighted by molar-refractivity contribution is 7.92. The van der Waals surface area contributed by atoms with Crippen molar-refractivity contribution in [1.29, 1.82) is 0 Å². The Balaban J connectivity index is 2.22. The van der Waals surface area contributed by atoms with E-state index in [9.17, 15) is 26.4 Å². The zero-order valence-electron chi connectivity index (χ0n) is 12.9. The molecule has 2 aromatic rings. The number of alkyl halides is 3. The summed E-state index contributed by atoms with van der Waals surface area (Å²) >= 11 is 5.49. The van der Waals surface area contributed by atoms with Gasteiger partial charge in [-0.1, -0.05) is 11.6 Å². The molecule has 2 aromatic carbocycles. The summed E-state index contributed by atoms with van der Waals surface area (Å²) in [5.41, 5.74) is 3.47. The van der Waals surface area contributed by atoms with Gasteiger partial charge in [-0.2, -0.15) is 13.2 Å². The maximum atomic E-state index is 12.8. The lowest BCUT2D eigenvalue weighted by molar-refractivity contribution is -0.137. The van der Waals surface area contributed by atoms with Gasteiger partial charge in [-0.25, -0.2) is 8.42 Å². The van der Waals surface area contributed by atoms with Crippen molar-refractivity contribution in [1.82, 2.24) is 0 Å². The van der Waals surface area contributed by atoms with Crippen LogP contribution in [0, 0.1) is 0 Å². The van der Waals surface area contributed by atoms with E-state index in [0.717, 1.165) is 12.1 Å². The number of nitrogens with one attached hydrogen (secondary N) is 1. The Morgan fingerprint density at radius 1 is 1.15 bits per heavy atom. The van der Waals surface area contributed by atoms with Gasteiger partial charge in [0.15, 0.2) is 6.61 Å². The molecule has 0 unspecified atom stereocenters. The lowest BCUT2D eigenvalue weighted by atomic mass is 10.2. The molecule has 140 valence electrons. The lowest BCUT2D eigenvalue weighted by Gasteiger charge is -2.13. The Labute approximate surface area is 151 Å². The average molecular weight is 409 g/mol. The standard InChI is InChI=1S/C15H12ClF3N2O4S/c16-13-6-1-9(7-12(13)15(17,18)19)21-26(23,24)11-4-2-10(3-5-11)25-8-14(20)22/h1-7,21H,8H2,(H2,20,22). The molecule has 26 heavy (non-hydrogen) atoms. The van der Waals surface area contributed by atoms with Crippen LogP contribution < -0.4 is 15.2 Å². The fraction of sp³-hybridized carbons (Fsp3) is 0.133. The number of hydrogen-bond acceptors (Lipinski definition) is 4. The number of rotatable bonds is 6. The van der Waals surface area contributed by atoms with Crippen LogP contribution in [-0.4, -0.2) is 20.9 Å². The fourth-order valence-corrected chi connectivity index (χ4v) is 3.16. The van der Waals surface area contributed by atoms with Gasteiger partial charge in [0.2, 0.25) is 0 Å². The molecule has 0 aliphatic carbocycles. The van der Waals surface area contributed by atoms with Gasteiger partial charge < -0.3 is 10.5 Å². The number of halogens is 4. The fourth-order valence-electron chi connectivity index (χ4n) is 1.89. The smallest absolute Gasteiger partial charge is 0.417 e. The summed E-state index contributed by atoms with van der Waals surface area (Å²) in [5.74, 6) is -0.500. The molecule has 2 rings (SSSR count). The maximum absolute atomic E-state index is 12.8. The van der Waals surface area contributed by atoms with Crippen molar-refractivity contribution in [2.24, 2.45) is 5.73 Å². The highest BCUT2D eigenvalue weighted by Crippen LogP contribution is 2.36. The van der Waals surface area contributed by atoms with Crippen LogP contribution in [0.15, 0.2) is 47.4 Å². The van der Waals surface area contributed by atoms with Gasteiger partial charge in [0, 0.05) is 5.69 Å². The molecule has 3 N–H and O–H groups in total. The minimum Gasteiger partial charge on any atom is -0.484 e. The number of carbonyl (C=O) groups is 1. The first kappa shape index (κ1) is 19.9. The van der Waals surface area contributed by atoms with E-state index >= 15 is 0 Å². The highest BCUT2D eigenvalue weighted by atomic mass is 35.5. The molecule has 6 nitrogen and oxygen atoms in total. The highest BCUT2D eigenvalue weighted by Gasteiger charge is 2.33. The number of sulfonamides is 1. The minimum absolute atomic E-state index is 0.202. The van der Waals surface area contributed by atoms with E-state index in [2.05, 4.69) is 0 Å². The third-order valence-electron chi connectivity index (χ3n) is 3.04. The van der Waals surface area contributed by atoms with Crippen LogP contribution in [-0.2, 0) is 21.0 Å². The van der Waals surface area contributed by atoms with Crippen LogP contribution in [0.5, 0.6) is 5.75 Å². The first-order chi connectivity index (χ1) is 12.0. The van der Waals surface area contributed by atoms with E-state index in [1.165, 1.54) is 24.3 Å². The van der Waals surface area contributed by atoms with E-state index in [0.29, 0.717) is 6.07 Å². The van der Waals surface area contributed by atoms with Crippen LogP contribution in [0.1, 0.15) is 5.56 Å². The molecular weight excluding hydrogens is 397 g/mol. The van der Waals surface area contributed by atoms with Gasteiger partial charge in [0.05, 0.1) is 15.5 Å². The summed E-state index contributed by atoms with van der Waals surface area (Å²) in [5, 5.41) is -0.545. The number of carbonyl (C=O) groups excluding carboxylic acids is 1. The Morgan fingerprint density at radius 3 is 2.31 bits per heavy atom. The lowest BCUT2D eigenvalue weighted by Crippen LogP contribution is -2.20. The first-order valence-electron chi connectivity index (χ1n) is 6.90. The topological polar surface area (TPSA) is 98.5 Å². The Bertz CT molecular complexity index is 915. The molecule has 0 radical (unpaired) electrons. The van der Waals surface area contributed by atoms with Crippen molar-refractivity contribution >= 4 is 33.2 Å². The molecule has 0 fully saturated rings. The van der Waals surface area contributed by atoms with Crippen molar-refractivity contribution < 1.29 is 31.1 Å². The van der Waals surface area contributed by atoms with Gasteiger partial charge in [-0.3, -0.25) is 9.52 Å². The molecule has 0 atom stereocenters. The van der Waals surface area contributed by atoms with Gasteiger partial charge in [0.1, 0.15) is 5.75 Å². The molecule has 0 aliphatic heterocycles. The Kier molecular flexibility index (Phi) is 5.67. The third-order valence-corrected chi connectivity index (χ3v) is 4.77. The second kappa shape index (κ2) is 7.42. The number of ether oxygens (including phenoxy) is 1. The average Bonchev–Trinajstić information content (AvgIpc) is 2.54. The molecule has 1 amide bonds. The molecule has 0 saturated carbocycles. The van der Waals surface area contributed by atoms with Gasteiger partial charge >= 0.3 is 6.18 Å². The van der Waals surface area contributed by atoms with Gasteiger partial charge in [0.25, 0.3) is 15.9 Å². The second-order valence-electron chi connectivity index (χ2n) is 5.02. The van der Waals surface area contributed by atoms with Crippen LogP contribution in [0.25, 0.3) is 0 Å². The number of hydrogen-bond donors (Lipinski definition) is 2. The van der Waals surface area contributed by atoms with E-state index in [1.807, 2.05) is 4.72 Å². The number of benzene rings is 2. The van der Waals surface area contributed by atoms with Gasteiger partial charge in [-0.05, 0) is 42.5 Å². The van der Waals surface area contributed by atoms with Crippen molar-refractivity contribution in [2.45, 2.75) is 11.1 Å². The SMILES string of the molecule is NC(=O)COc1ccc(S(=O)(=O)Nc2ccc(Cl)c(C(F)(F)F)c2)cc1. The molecular formula is C15H12ClF3N2O4S. The van der Waals surface area contributed by atoms with Crippen LogP contribution in [0.2, 0.25) is 5.02 Å². The number of anilines is 1. The van der Waals surface area contributed by atoms with E-state index in [-0.39, 0.29) is 22.9 Å².